The Kier molecular flexibility index (Phi) is 4.97. The van der Waals surface area contributed by atoms with Crippen molar-refractivity contribution in [3.8, 4) is 0 Å². The number of carbonyl (C=O) groups is 1. The van der Waals surface area contributed by atoms with E-state index < -0.39 is 0 Å². The number of hydrogen-bond acceptors (Lipinski definition) is 3. The van der Waals surface area contributed by atoms with Gasteiger partial charge in [-0.15, -0.1) is 0 Å². The van der Waals surface area contributed by atoms with Gasteiger partial charge in [0.25, 0.3) is 0 Å². The zero-order valence-electron chi connectivity index (χ0n) is 12.5. The molecule has 1 saturated carbocycles. The van der Waals surface area contributed by atoms with E-state index in [1.54, 1.807) is 0 Å². The van der Waals surface area contributed by atoms with Gasteiger partial charge in [-0.05, 0) is 32.9 Å². The first-order valence-corrected chi connectivity index (χ1v) is 7.51. The van der Waals surface area contributed by atoms with Crippen LogP contribution in [0.15, 0.2) is 4.99 Å². The molecule has 0 spiro atoms. The van der Waals surface area contributed by atoms with Gasteiger partial charge in [-0.3, -0.25) is 4.79 Å². The number of rotatable bonds is 3. The molecule has 2 fully saturated rings. The van der Waals surface area contributed by atoms with Crippen LogP contribution in [0.5, 0.6) is 0 Å². The Labute approximate surface area is 116 Å². The molecule has 1 aliphatic carbocycles. The number of amides is 1. The van der Waals surface area contributed by atoms with Gasteiger partial charge in [0, 0.05) is 38.8 Å². The van der Waals surface area contributed by atoms with Crippen molar-refractivity contribution in [1.29, 1.82) is 0 Å². The molecule has 19 heavy (non-hydrogen) atoms. The molecule has 1 saturated heterocycles. The van der Waals surface area contributed by atoms with Crippen molar-refractivity contribution in [3.63, 3.8) is 0 Å². The van der Waals surface area contributed by atoms with E-state index in [2.05, 4.69) is 16.9 Å². The predicted molar refractivity (Wildman–Crippen MR) is 78.5 cm³/mol. The molecule has 3 atom stereocenters. The van der Waals surface area contributed by atoms with Gasteiger partial charge >= 0.3 is 0 Å². The van der Waals surface area contributed by atoms with Crippen LogP contribution >= 0.6 is 0 Å². The van der Waals surface area contributed by atoms with Gasteiger partial charge in [0.2, 0.25) is 5.91 Å². The summed E-state index contributed by atoms with van der Waals surface area (Å²) in [5.41, 5.74) is 0. The molecule has 4 heteroatoms. The van der Waals surface area contributed by atoms with Crippen LogP contribution in [0.1, 0.15) is 32.1 Å². The molecular weight excluding hydrogens is 238 g/mol. The molecular formula is C15H27N3O. The van der Waals surface area contributed by atoms with E-state index in [4.69, 9.17) is 0 Å². The number of nitrogens with zero attached hydrogens (tertiary/aromatic N) is 3. The third kappa shape index (κ3) is 3.35. The Morgan fingerprint density at radius 1 is 1.32 bits per heavy atom. The summed E-state index contributed by atoms with van der Waals surface area (Å²) >= 11 is 0. The molecule has 4 nitrogen and oxygen atoms in total. The zero-order valence-corrected chi connectivity index (χ0v) is 12.5. The summed E-state index contributed by atoms with van der Waals surface area (Å²) in [5, 5.41) is 0. The fraction of sp³-hybridized carbons (Fsp3) is 0.867. The van der Waals surface area contributed by atoms with Gasteiger partial charge in [-0.2, -0.15) is 0 Å². The van der Waals surface area contributed by atoms with Gasteiger partial charge in [-0.1, -0.05) is 12.8 Å². The van der Waals surface area contributed by atoms with E-state index in [9.17, 15) is 4.79 Å². The number of hydrogen-bond donors (Lipinski definition) is 0. The quantitative estimate of drug-likeness (QED) is 0.728. The number of carbonyl (C=O) groups excluding carboxylic acids is 1. The molecule has 0 aromatic heterocycles. The highest BCUT2D eigenvalue weighted by atomic mass is 16.2. The van der Waals surface area contributed by atoms with Crippen molar-refractivity contribution in [2.24, 2.45) is 16.8 Å². The van der Waals surface area contributed by atoms with Gasteiger partial charge < -0.3 is 14.8 Å². The van der Waals surface area contributed by atoms with Crippen LogP contribution in [0.2, 0.25) is 0 Å². The number of likely N-dealkylation sites (tertiary alicyclic amines) is 1. The molecule has 0 radical (unpaired) electrons. The predicted octanol–water partition coefficient (Wildman–Crippen LogP) is 1.66. The average Bonchev–Trinajstić information content (AvgIpc) is 2.85. The topological polar surface area (TPSA) is 35.9 Å². The number of aliphatic imine (C=N–C) groups is 1. The fourth-order valence-corrected chi connectivity index (χ4v) is 3.57. The van der Waals surface area contributed by atoms with E-state index in [1.807, 2.05) is 25.2 Å². The van der Waals surface area contributed by atoms with E-state index >= 15 is 0 Å². The smallest absolute Gasteiger partial charge is 0.227 e. The second-order valence-electron chi connectivity index (χ2n) is 6.12. The third-order valence-electron chi connectivity index (χ3n) is 4.71. The summed E-state index contributed by atoms with van der Waals surface area (Å²) in [5.74, 6) is 0.994. The molecule has 2 rings (SSSR count). The van der Waals surface area contributed by atoms with Crippen LogP contribution in [0, 0.1) is 11.8 Å². The van der Waals surface area contributed by atoms with Crippen molar-refractivity contribution in [2.75, 3.05) is 34.2 Å². The standard InChI is InChI=1S/C15H27N3O/c1-16-10-12-6-4-5-7-14(12)18(3)15(19)13-8-9-17(2)11-13/h10,12-14H,4-9,11H2,1-3H3/b16-10-/t12?,13-,14-/m0/s1. The minimum atomic E-state index is 0.205. The van der Waals surface area contributed by atoms with Crippen molar-refractivity contribution in [3.05, 3.63) is 0 Å². The molecule has 1 unspecified atom stereocenters. The van der Waals surface area contributed by atoms with Crippen molar-refractivity contribution >= 4 is 12.1 Å². The highest BCUT2D eigenvalue weighted by Gasteiger charge is 2.34. The Bertz CT molecular complexity index is 342. The Balaban J connectivity index is 2.00. The summed E-state index contributed by atoms with van der Waals surface area (Å²) in [4.78, 5) is 21.1. The minimum Gasteiger partial charge on any atom is -0.342 e. The van der Waals surface area contributed by atoms with Crippen molar-refractivity contribution in [1.82, 2.24) is 9.80 Å². The van der Waals surface area contributed by atoms with E-state index in [0.717, 1.165) is 25.9 Å². The van der Waals surface area contributed by atoms with Crippen LogP contribution in [-0.4, -0.2) is 62.2 Å². The maximum atomic E-state index is 12.6. The Morgan fingerprint density at radius 2 is 2.05 bits per heavy atom. The largest absolute Gasteiger partial charge is 0.342 e. The summed E-state index contributed by atoms with van der Waals surface area (Å²) in [6.45, 7) is 1.97. The second-order valence-corrected chi connectivity index (χ2v) is 6.12. The lowest BCUT2D eigenvalue weighted by Gasteiger charge is -2.37. The molecule has 0 N–H and O–H groups in total. The average molecular weight is 265 g/mol. The van der Waals surface area contributed by atoms with Crippen LogP contribution in [0.25, 0.3) is 0 Å². The Morgan fingerprint density at radius 3 is 2.68 bits per heavy atom. The first kappa shape index (κ1) is 14.5. The minimum absolute atomic E-state index is 0.205. The van der Waals surface area contributed by atoms with Crippen LogP contribution in [-0.2, 0) is 4.79 Å². The molecule has 1 amide bonds. The maximum absolute atomic E-state index is 12.6. The van der Waals surface area contributed by atoms with Gasteiger partial charge in [0.05, 0.1) is 5.92 Å². The lowest BCUT2D eigenvalue weighted by molar-refractivity contribution is -0.137. The second kappa shape index (κ2) is 6.51. The van der Waals surface area contributed by atoms with Crippen LogP contribution < -0.4 is 0 Å². The fourth-order valence-electron chi connectivity index (χ4n) is 3.57. The maximum Gasteiger partial charge on any atom is 0.227 e. The molecule has 0 aromatic carbocycles. The summed E-state index contributed by atoms with van der Waals surface area (Å²) in [6.07, 6.45) is 7.86. The summed E-state index contributed by atoms with van der Waals surface area (Å²) < 4.78 is 0. The van der Waals surface area contributed by atoms with Gasteiger partial charge in [0.1, 0.15) is 0 Å². The first-order chi connectivity index (χ1) is 9.13. The monoisotopic (exact) mass is 265 g/mol. The molecule has 1 aliphatic heterocycles. The lowest BCUT2D eigenvalue weighted by atomic mass is 9.84. The van der Waals surface area contributed by atoms with E-state index in [1.165, 1.54) is 19.3 Å². The summed E-state index contributed by atoms with van der Waals surface area (Å²) in [6, 6.07) is 0.357. The lowest BCUT2D eigenvalue weighted by Crippen LogP contribution is -2.46. The van der Waals surface area contributed by atoms with Gasteiger partial charge in [-0.25, -0.2) is 0 Å². The highest BCUT2D eigenvalue weighted by molar-refractivity contribution is 5.80. The van der Waals surface area contributed by atoms with Gasteiger partial charge in [0.15, 0.2) is 0 Å². The van der Waals surface area contributed by atoms with Crippen LogP contribution in [0.4, 0.5) is 0 Å². The SMILES string of the molecule is C/N=C\C1CCCC[C@@H]1N(C)C(=O)[C@H]1CCN(C)C1. The summed E-state index contributed by atoms with van der Waals surface area (Å²) in [7, 11) is 5.92. The molecule has 1 heterocycles. The zero-order chi connectivity index (χ0) is 13.8. The van der Waals surface area contributed by atoms with Crippen molar-refractivity contribution in [2.45, 2.75) is 38.1 Å². The molecule has 0 aromatic rings. The normalized spacial score (nSPS) is 32.9. The third-order valence-corrected chi connectivity index (χ3v) is 4.71. The van der Waals surface area contributed by atoms with Crippen LogP contribution in [0.3, 0.4) is 0 Å². The van der Waals surface area contributed by atoms with E-state index in [-0.39, 0.29) is 5.92 Å². The van der Waals surface area contributed by atoms with Crippen molar-refractivity contribution < 1.29 is 4.79 Å². The highest BCUT2D eigenvalue weighted by Crippen LogP contribution is 2.28. The van der Waals surface area contributed by atoms with E-state index in [0.29, 0.717) is 17.9 Å². The first-order valence-electron chi connectivity index (χ1n) is 7.51. The molecule has 0 bridgehead atoms. The molecule has 2 aliphatic rings. The molecule has 108 valence electrons. The Hall–Kier alpha value is -0.900.